The molecule has 3 aromatic carbocycles. The maximum atomic E-state index is 12.7. The molecule has 0 aliphatic carbocycles. The first-order chi connectivity index (χ1) is 14.2. The number of carbonyl (C=O) groups excluding carboxylic acids is 1. The van der Waals surface area contributed by atoms with E-state index in [4.69, 9.17) is 4.74 Å². The summed E-state index contributed by atoms with van der Waals surface area (Å²) in [5.74, 6) is 0.433. The average Bonchev–Trinajstić information content (AvgIpc) is 2.74. The number of hydrogen-bond donors (Lipinski definition) is 1. The average molecular weight is 383 g/mol. The van der Waals surface area contributed by atoms with Gasteiger partial charge in [-0.2, -0.15) is 5.10 Å². The Morgan fingerprint density at radius 2 is 1.83 bits per heavy atom. The molecule has 5 nitrogen and oxygen atoms in total. The van der Waals surface area contributed by atoms with Gasteiger partial charge in [0.2, 0.25) is 0 Å². The Morgan fingerprint density at radius 1 is 1.07 bits per heavy atom. The summed E-state index contributed by atoms with van der Waals surface area (Å²) in [6.45, 7) is 4.31. The van der Waals surface area contributed by atoms with Gasteiger partial charge in [0, 0.05) is 10.9 Å². The Morgan fingerprint density at radius 3 is 2.66 bits per heavy atom. The highest BCUT2D eigenvalue weighted by atomic mass is 16.5. The molecule has 0 unspecified atom stereocenters. The van der Waals surface area contributed by atoms with Crippen molar-refractivity contribution in [2.24, 2.45) is 5.10 Å². The molecule has 0 atom stereocenters. The number of hydrogen-bond acceptors (Lipinski definition) is 4. The zero-order valence-corrected chi connectivity index (χ0v) is 16.3. The molecule has 0 fully saturated rings. The summed E-state index contributed by atoms with van der Waals surface area (Å²) >= 11 is 0. The molecule has 1 amide bonds. The largest absolute Gasteiger partial charge is 0.493 e. The van der Waals surface area contributed by atoms with Gasteiger partial charge in [-0.1, -0.05) is 48.5 Å². The first-order valence-electron chi connectivity index (χ1n) is 9.51. The van der Waals surface area contributed by atoms with E-state index < -0.39 is 0 Å². The van der Waals surface area contributed by atoms with Gasteiger partial charge in [0.05, 0.1) is 29.6 Å². The number of hydrazone groups is 1. The zero-order chi connectivity index (χ0) is 20.2. The van der Waals surface area contributed by atoms with Crippen LogP contribution in [0.25, 0.3) is 21.7 Å². The lowest BCUT2D eigenvalue weighted by atomic mass is 10.0. The molecule has 0 radical (unpaired) electrons. The number of nitrogens with one attached hydrogen (secondary N) is 1. The van der Waals surface area contributed by atoms with Crippen molar-refractivity contribution >= 4 is 33.8 Å². The number of rotatable bonds is 5. The molecule has 1 N–H and O–H groups in total. The number of pyridine rings is 1. The molecule has 1 heterocycles. The Balaban J connectivity index is 1.63. The minimum Gasteiger partial charge on any atom is -0.493 e. The third kappa shape index (κ3) is 3.80. The summed E-state index contributed by atoms with van der Waals surface area (Å²) in [6, 6.07) is 21.5. The van der Waals surface area contributed by atoms with Crippen LogP contribution < -0.4 is 10.2 Å². The molecular weight excluding hydrogens is 362 g/mol. The van der Waals surface area contributed by atoms with Gasteiger partial charge in [-0.3, -0.25) is 9.78 Å². The summed E-state index contributed by atoms with van der Waals surface area (Å²) in [6.07, 6.45) is 1.63. The van der Waals surface area contributed by atoms with E-state index in [0.29, 0.717) is 17.9 Å². The van der Waals surface area contributed by atoms with E-state index in [1.54, 1.807) is 6.21 Å². The number of benzene rings is 3. The van der Waals surface area contributed by atoms with Crippen LogP contribution in [-0.4, -0.2) is 23.7 Å². The van der Waals surface area contributed by atoms with Crippen LogP contribution in [0, 0.1) is 6.92 Å². The van der Waals surface area contributed by atoms with Crippen molar-refractivity contribution < 1.29 is 9.53 Å². The molecule has 0 aliphatic rings. The van der Waals surface area contributed by atoms with Crippen LogP contribution in [-0.2, 0) is 0 Å². The minimum absolute atomic E-state index is 0.296. The van der Waals surface area contributed by atoms with Crippen LogP contribution in [0.5, 0.6) is 5.75 Å². The summed E-state index contributed by atoms with van der Waals surface area (Å²) in [5.41, 5.74) is 5.48. The van der Waals surface area contributed by atoms with Gasteiger partial charge >= 0.3 is 0 Å². The third-order valence-corrected chi connectivity index (χ3v) is 4.75. The van der Waals surface area contributed by atoms with Crippen molar-refractivity contribution in [3.63, 3.8) is 0 Å². The van der Waals surface area contributed by atoms with Gasteiger partial charge in [-0.15, -0.1) is 0 Å². The fourth-order valence-corrected chi connectivity index (χ4v) is 3.35. The molecule has 0 aliphatic heterocycles. The van der Waals surface area contributed by atoms with Crippen molar-refractivity contribution in [3.8, 4) is 5.75 Å². The first-order valence-corrected chi connectivity index (χ1v) is 9.51. The van der Waals surface area contributed by atoms with E-state index >= 15 is 0 Å². The molecular formula is C24H21N3O2. The number of fused-ring (bicyclic) bond motifs is 2. The summed E-state index contributed by atoms with van der Waals surface area (Å²) in [5, 5.41) is 7.21. The highest BCUT2D eigenvalue weighted by Gasteiger charge is 2.11. The van der Waals surface area contributed by atoms with Crippen LogP contribution >= 0.6 is 0 Å². The molecule has 4 rings (SSSR count). The van der Waals surface area contributed by atoms with Crippen LogP contribution in [0.15, 0.2) is 71.8 Å². The van der Waals surface area contributed by atoms with Crippen molar-refractivity contribution in [1.29, 1.82) is 0 Å². The van der Waals surface area contributed by atoms with Crippen molar-refractivity contribution in [1.82, 2.24) is 10.4 Å². The minimum atomic E-state index is -0.296. The first kappa shape index (κ1) is 18.6. The normalized spacial score (nSPS) is 11.2. The lowest BCUT2D eigenvalue weighted by molar-refractivity contribution is 0.0954. The molecule has 0 saturated heterocycles. The van der Waals surface area contributed by atoms with Crippen molar-refractivity contribution in [3.05, 3.63) is 83.6 Å². The predicted molar refractivity (Wildman–Crippen MR) is 117 cm³/mol. The van der Waals surface area contributed by atoms with E-state index in [-0.39, 0.29) is 5.91 Å². The second kappa shape index (κ2) is 8.10. The fourth-order valence-electron chi connectivity index (χ4n) is 3.35. The standard InChI is InChI=1S/C24H21N3O2/c1-3-29-23-13-12-17-8-4-6-10-19(17)21(23)15-25-27-24(28)20-14-18-9-5-7-11-22(18)26-16(20)2/h4-15H,3H2,1-2H3,(H,27,28)/b25-15+. The Labute approximate surface area is 169 Å². The molecule has 144 valence electrons. The summed E-state index contributed by atoms with van der Waals surface area (Å²) in [4.78, 5) is 17.2. The van der Waals surface area contributed by atoms with Gasteiger partial charge in [0.1, 0.15) is 5.75 Å². The highest BCUT2D eigenvalue weighted by molar-refractivity contribution is 6.03. The molecule has 0 bridgehead atoms. The van der Waals surface area contributed by atoms with Gasteiger partial charge in [0.15, 0.2) is 0 Å². The lowest BCUT2D eigenvalue weighted by Crippen LogP contribution is -2.19. The number of amides is 1. The van der Waals surface area contributed by atoms with E-state index in [1.807, 2.05) is 80.6 Å². The van der Waals surface area contributed by atoms with Crippen molar-refractivity contribution in [2.45, 2.75) is 13.8 Å². The molecule has 0 saturated carbocycles. The van der Waals surface area contributed by atoms with E-state index in [0.717, 1.165) is 33.0 Å². The van der Waals surface area contributed by atoms with E-state index in [2.05, 4.69) is 15.5 Å². The number of nitrogens with zero attached hydrogens (tertiary/aromatic N) is 2. The number of carbonyl (C=O) groups is 1. The second-order valence-corrected chi connectivity index (χ2v) is 6.64. The highest BCUT2D eigenvalue weighted by Crippen LogP contribution is 2.26. The van der Waals surface area contributed by atoms with E-state index in [1.165, 1.54) is 0 Å². The monoisotopic (exact) mass is 383 g/mol. The molecule has 29 heavy (non-hydrogen) atoms. The zero-order valence-electron chi connectivity index (χ0n) is 16.3. The third-order valence-electron chi connectivity index (χ3n) is 4.75. The van der Waals surface area contributed by atoms with Crippen LogP contribution in [0.2, 0.25) is 0 Å². The van der Waals surface area contributed by atoms with Gasteiger partial charge in [-0.25, -0.2) is 5.43 Å². The molecule has 5 heteroatoms. The van der Waals surface area contributed by atoms with Crippen LogP contribution in [0.3, 0.4) is 0 Å². The Kier molecular flexibility index (Phi) is 5.20. The Hall–Kier alpha value is -3.73. The molecule has 0 spiro atoms. The maximum Gasteiger partial charge on any atom is 0.273 e. The number of aromatic nitrogens is 1. The molecule has 4 aromatic rings. The Bertz CT molecular complexity index is 1230. The SMILES string of the molecule is CCOc1ccc2ccccc2c1/C=N/NC(=O)c1cc2ccccc2nc1C. The van der Waals surface area contributed by atoms with Crippen LogP contribution in [0.4, 0.5) is 0 Å². The maximum absolute atomic E-state index is 12.7. The van der Waals surface area contributed by atoms with Gasteiger partial charge in [-0.05, 0) is 42.8 Å². The number of para-hydroxylation sites is 1. The summed E-state index contributed by atoms with van der Waals surface area (Å²) < 4.78 is 5.74. The fraction of sp³-hybridized carbons (Fsp3) is 0.125. The van der Waals surface area contributed by atoms with Crippen LogP contribution in [0.1, 0.15) is 28.5 Å². The lowest BCUT2D eigenvalue weighted by Gasteiger charge is -2.10. The second-order valence-electron chi connectivity index (χ2n) is 6.64. The van der Waals surface area contributed by atoms with Crippen molar-refractivity contribution in [2.75, 3.05) is 6.61 Å². The molecule has 1 aromatic heterocycles. The summed E-state index contributed by atoms with van der Waals surface area (Å²) in [7, 11) is 0. The predicted octanol–water partition coefficient (Wildman–Crippen LogP) is 4.86. The quantitative estimate of drug-likeness (QED) is 0.395. The number of ether oxygens (including phenoxy) is 1. The smallest absolute Gasteiger partial charge is 0.273 e. The number of aryl methyl sites for hydroxylation is 1. The topological polar surface area (TPSA) is 63.6 Å². The van der Waals surface area contributed by atoms with Gasteiger partial charge in [0.25, 0.3) is 5.91 Å². The van der Waals surface area contributed by atoms with Gasteiger partial charge < -0.3 is 4.74 Å². The van der Waals surface area contributed by atoms with E-state index in [9.17, 15) is 4.79 Å².